The summed E-state index contributed by atoms with van der Waals surface area (Å²) in [6.45, 7) is 20.4. The number of fused-ring (bicyclic) bond motifs is 3. The molecular formula is C61H76N12O6. The largest absolute Gasteiger partial charge is 0.486 e. The third-order valence-corrected chi connectivity index (χ3v) is 15.3. The molecule has 0 radical (unpaired) electrons. The maximum absolute atomic E-state index is 14.5. The van der Waals surface area contributed by atoms with Crippen LogP contribution < -0.4 is 35.6 Å². The summed E-state index contributed by atoms with van der Waals surface area (Å²) in [4.78, 5) is 42.7. The Balaban J connectivity index is 0.00000374. The summed E-state index contributed by atoms with van der Waals surface area (Å²) in [6.07, 6.45) is 14.3. The highest BCUT2D eigenvalue weighted by molar-refractivity contribution is 6.09. The number of nitrogens with zero attached hydrogens (tertiary/aromatic N) is 8. The van der Waals surface area contributed by atoms with Crippen molar-refractivity contribution in [1.29, 1.82) is 5.41 Å². The van der Waals surface area contributed by atoms with Gasteiger partial charge in [0.2, 0.25) is 11.8 Å². The zero-order valence-corrected chi connectivity index (χ0v) is 46.9. The second kappa shape index (κ2) is 25.1. The van der Waals surface area contributed by atoms with Gasteiger partial charge in [-0.05, 0) is 111 Å². The molecule has 5 atom stereocenters. The average molecular weight is 1070 g/mol. The van der Waals surface area contributed by atoms with Crippen LogP contribution in [0.2, 0.25) is 0 Å². The van der Waals surface area contributed by atoms with E-state index in [0.29, 0.717) is 90.0 Å². The molecular weight excluding hydrogens is 997 g/mol. The van der Waals surface area contributed by atoms with Crippen LogP contribution in [0.25, 0.3) is 34.3 Å². The molecule has 10 rings (SSSR count). The molecule has 79 heavy (non-hydrogen) atoms. The first-order valence-electron chi connectivity index (χ1n) is 27.9. The monoisotopic (exact) mass is 1070 g/mol. The number of anilines is 1. The Morgan fingerprint density at radius 3 is 2.46 bits per heavy atom. The Morgan fingerprint density at radius 1 is 1.03 bits per heavy atom. The first-order valence-corrected chi connectivity index (χ1v) is 27.9. The predicted molar refractivity (Wildman–Crippen MR) is 308 cm³/mol. The number of hydrogen-bond donors (Lipinski definition) is 5. The minimum absolute atomic E-state index is 0.175. The van der Waals surface area contributed by atoms with Crippen LogP contribution in [-0.4, -0.2) is 127 Å². The Morgan fingerprint density at radius 2 is 1.80 bits per heavy atom. The van der Waals surface area contributed by atoms with Crippen LogP contribution >= 0.6 is 0 Å². The van der Waals surface area contributed by atoms with Gasteiger partial charge in [0.25, 0.3) is 0 Å². The van der Waals surface area contributed by atoms with Gasteiger partial charge in [-0.1, -0.05) is 99.7 Å². The lowest BCUT2D eigenvalue weighted by Crippen LogP contribution is -2.50. The fourth-order valence-electron chi connectivity index (χ4n) is 10.9. The van der Waals surface area contributed by atoms with Crippen LogP contribution in [0, 0.1) is 11.3 Å². The summed E-state index contributed by atoms with van der Waals surface area (Å²) in [5.74, 6) is 1.13. The number of methoxy groups -OCH3 is 1. The van der Waals surface area contributed by atoms with Crippen molar-refractivity contribution in [2.24, 2.45) is 5.92 Å². The average Bonchev–Trinajstić information content (AvgIpc) is 4.27. The highest BCUT2D eigenvalue weighted by Gasteiger charge is 2.42. The smallest absolute Gasteiger partial charge is 0.319 e. The Labute approximate surface area is 462 Å². The van der Waals surface area contributed by atoms with Gasteiger partial charge in [-0.3, -0.25) is 14.7 Å². The third kappa shape index (κ3) is 12.4. The van der Waals surface area contributed by atoms with E-state index in [0.717, 1.165) is 76.4 Å². The molecule has 416 valence electrons. The molecule has 5 N–H and O–H groups in total. The molecule has 5 unspecified atom stereocenters. The van der Waals surface area contributed by atoms with Crippen molar-refractivity contribution in [1.82, 2.24) is 50.7 Å². The molecule has 0 spiro atoms. The number of carbonyl (C=O) groups is 2. The van der Waals surface area contributed by atoms with Gasteiger partial charge in [-0.15, -0.1) is 5.10 Å². The number of rotatable bonds is 21. The number of hydrogen-bond acceptors (Lipinski definition) is 14. The highest BCUT2D eigenvalue weighted by Crippen LogP contribution is 2.48. The Bertz CT molecular complexity index is 3330. The lowest BCUT2D eigenvalue weighted by atomic mass is 9.97. The third-order valence-electron chi connectivity index (χ3n) is 15.3. The number of piperazine rings is 1. The first kappa shape index (κ1) is 56.2. The highest BCUT2D eigenvalue weighted by atomic mass is 16.5. The molecule has 18 nitrogen and oxygen atoms in total. The van der Waals surface area contributed by atoms with Crippen LogP contribution in [0.4, 0.5) is 5.82 Å². The number of allylic oxidation sites excluding steroid dienone is 3. The number of H-pyrrole nitrogens is 1. The van der Waals surface area contributed by atoms with Crippen molar-refractivity contribution in [2.45, 2.75) is 123 Å². The Hall–Kier alpha value is -7.54. The molecule has 18 heteroatoms. The zero-order chi connectivity index (χ0) is 55.9. The molecule has 3 aromatic heterocycles. The molecule has 6 aromatic rings. The van der Waals surface area contributed by atoms with Gasteiger partial charge in [-0.2, -0.15) is 15.1 Å². The maximum atomic E-state index is 14.5. The van der Waals surface area contributed by atoms with Crippen molar-refractivity contribution < 1.29 is 28.9 Å². The molecule has 1 aliphatic carbocycles. The SMILES string of the molecule is C=C(C)C(=N)c1ccc(C(CO)NC(=O)C2CCCN2C(=O)C(C(C)C)n2cc(-c3ccc(COc4c(\C=c5/cn[nH]/c5=C/C(C)=C/C)c(C5CC5)cc5c(N6CC7CC6CN7)nc(OCCOC)nc45)cc3)nn2)cc1.CC. The van der Waals surface area contributed by atoms with E-state index in [2.05, 4.69) is 73.8 Å². The van der Waals surface area contributed by atoms with E-state index >= 15 is 0 Å². The lowest BCUT2D eigenvalue weighted by molar-refractivity contribution is -0.142. The molecule has 6 heterocycles. The van der Waals surface area contributed by atoms with Gasteiger partial charge in [-0.25, -0.2) is 4.68 Å². The van der Waals surface area contributed by atoms with E-state index in [1.807, 2.05) is 65.1 Å². The number of nitrogens with one attached hydrogen (secondary N) is 4. The fourth-order valence-corrected chi connectivity index (χ4v) is 10.9. The summed E-state index contributed by atoms with van der Waals surface area (Å²) < 4.78 is 20.2. The summed E-state index contributed by atoms with van der Waals surface area (Å²) in [5, 5.41) is 44.7. The number of likely N-dealkylation sites (tertiary alicyclic amines) is 1. The van der Waals surface area contributed by atoms with E-state index in [1.165, 1.54) is 5.56 Å². The van der Waals surface area contributed by atoms with Crippen molar-refractivity contribution in [3.05, 3.63) is 129 Å². The number of carbonyl (C=O) groups excluding carboxylic acids is 2. The fraction of sp³-hybridized carbons (Fsp3) is 0.443. The van der Waals surface area contributed by atoms with Gasteiger partial charge in [0.15, 0.2) is 5.75 Å². The van der Waals surface area contributed by atoms with Crippen LogP contribution in [0.5, 0.6) is 11.8 Å². The van der Waals surface area contributed by atoms with E-state index in [9.17, 15) is 14.7 Å². The van der Waals surface area contributed by atoms with Crippen LogP contribution in [0.1, 0.15) is 126 Å². The normalized spacial score (nSPS) is 19.2. The molecule has 3 aliphatic heterocycles. The molecule has 4 fully saturated rings. The van der Waals surface area contributed by atoms with E-state index < -0.39 is 18.1 Å². The molecule has 1 saturated carbocycles. The van der Waals surface area contributed by atoms with Gasteiger partial charge in [0.1, 0.15) is 42.3 Å². The van der Waals surface area contributed by atoms with Crippen LogP contribution in [0.15, 0.2) is 90.8 Å². The van der Waals surface area contributed by atoms with Gasteiger partial charge in [0, 0.05) is 60.6 Å². The number of aromatic nitrogens is 7. The second-order valence-electron chi connectivity index (χ2n) is 21.2. The lowest BCUT2D eigenvalue weighted by Gasteiger charge is -2.30. The van der Waals surface area contributed by atoms with Crippen molar-refractivity contribution >= 4 is 46.4 Å². The maximum Gasteiger partial charge on any atom is 0.319 e. The van der Waals surface area contributed by atoms with Crippen molar-refractivity contribution in [3.8, 4) is 23.0 Å². The summed E-state index contributed by atoms with van der Waals surface area (Å²) in [5.41, 5.74) is 8.61. The van der Waals surface area contributed by atoms with Crippen LogP contribution in [0.3, 0.4) is 0 Å². The van der Waals surface area contributed by atoms with Crippen LogP contribution in [-0.2, 0) is 20.9 Å². The zero-order valence-electron chi connectivity index (χ0n) is 46.9. The first-order chi connectivity index (χ1) is 38.3. The molecule has 2 amide bonds. The Kier molecular flexibility index (Phi) is 17.8. The molecule has 3 saturated heterocycles. The number of aliphatic hydroxyl groups excluding tert-OH is 1. The predicted octanol–water partition coefficient (Wildman–Crippen LogP) is 7.23. The van der Waals surface area contributed by atoms with Gasteiger partial charge >= 0.3 is 6.01 Å². The number of amides is 2. The van der Waals surface area contributed by atoms with E-state index in [4.69, 9.17) is 29.6 Å². The summed E-state index contributed by atoms with van der Waals surface area (Å²) >= 11 is 0. The molecule has 4 aliphatic rings. The standard InChI is InChI=1S/C59H70N12O6.C2H6/c1-8-36(6)24-48-42(28-62-66-48)25-46-45(38-15-16-38)27-47-53(64-59(76-23-22-75-7)65-56(47)70-30-43-26-44(70)29-61-43)55(46)77-33-37-11-13-39(14-12-37)49-31-71(68-67-49)54(35(4)5)58(74)69-21-9-10-51(69)57(73)63-50(32-72)40-17-19-41(20-18-40)52(60)34(2)3;1-2/h8,11-14,17-20,24-25,27-28,31,35,38,43-44,50-51,54,60-61,66,72H,2,9-10,15-16,21-23,26,29-30,32-33H2,1,3-7H3,(H,63,73);1-2H3/b36-8+,42-25+,48-24+,60-52?;. The van der Waals surface area contributed by atoms with E-state index in [1.54, 1.807) is 54.1 Å². The number of benzene rings is 3. The summed E-state index contributed by atoms with van der Waals surface area (Å²) in [6, 6.07) is 16.3. The minimum Gasteiger partial charge on any atom is -0.486 e. The molecule has 3 aromatic carbocycles. The van der Waals surface area contributed by atoms with Crippen molar-refractivity contribution in [3.63, 3.8) is 0 Å². The van der Waals surface area contributed by atoms with Crippen molar-refractivity contribution in [2.75, 3.05) is 51.5 Å². The van der Waals surface area contributed by atoms with Gasteiger partial charge in [0.05, 0.1) is 42.7 Å². The van der Waals surface area contributed by atoms with Gasteiger partial charge < -0.3 is 45.2 Å². The quantitative estimate of drug-likeness (QED) is 0.0355. The number of aromatic amines is 1. The minimum atomic E-state index is -0.718. The van der Waals surface area contributed by atoms with E-state index in [-0.39, 0.29) is 37.0 Å². The number of aliphatic hydroxyl groups is 1. The summed E-state index contributed by atoms with van der Waals surface area (Å²) in [7, 11) is 1.65. The number of ether oxygens (including phenoxy) is 3. The second-order valence-corrected chi connectivity index (χ2v) is 21.2. The topological polar surface area (TPSA) is 222 Å². The molecule has 2 bridgehead atoms.